The Hall–Kier alpha value is -2.86. The number of amides is 1. The first kappa shape index (κ1) is 23.9. The molecule has 1 atom stereocenters. The number of likely N-dealkylation sites (tertiary alicyclic amines) is 2. The summed E-state index contributed by atoms with van der Waals surface area (Å²) in [5.41, 5.74) is 3.21. The van der Waals surface area contributed by atoms with Crippen molar-refractivity contribution in [1.82, 2.24) is 24.8 Å². The fourth-order valence-electron chi connectivity index (χ4n) is 6.25. The molecule has 6 nitrogen and oxygen atoms in total. The fraction of sp³-hybridized carbons (Fsp3) is 0.517. The molecule has 2 aliphatic heterocycles. The van der Waals surface area contributed by atoms with Crippen LogP contribution in [0.3, 0.4) is 0 Å². The molecule has 0 N–H and O–H groups in total. The highest BCUT2D eigenvalue weighted by atomic mass is 16.2. The van der Waals surface area contributed by atoms with Crippen molar-refractivity contribution in [1.29, 1.82) is 0 Å². The van der Waals surface area contributed by atoms with E-state index in [1.165, 1.54) is 10.9 Å². The molecular weight excluding hydrogens is 434 g/mol. The highest BCUT2D eigenvalue weighted by molar-refractivity contribution is 5.83. The standard InChI is InChI=1S/C29H37N5O/c1-33-17-5-13-29(22-33,12-3-7-25-21-30-15-16-31-25)28(35)34-18-10-23(11-19-34)20-24-6-2-9-27-26(24)8-4-14-32-27/h2,4,6,8-9,14-16,21,23H,3,5,7,10-13,17-20,22H2,1H3/t29-/m1/s1. The summed E-state index contributed by atoms with van der Waals surface area (Å²) < 4.78 is 0. The van der Waals surface area contributed by atoms with Gasteiger partial charge in [0.25, 0.3) is 0 Å². The second kappa shape index (κ2) is 10.8. The van der Waals surface area contributed by atoms with Crippen LogP contribution in [0.4, 0.5) is 0 Å². The van der Waals surface area contributed by atoms with Crippen LogP contribution >= 0.6 is 0 Å². The number of hydrogen-bond acceptors (Lipinski definition) is 5. The SMILES string of the molecule is CN1CCC[C@@](CCCc2cnccn2)(C(=O)N2CCC(Cc3cccc4ncccc34)CC2)C1. The molecule has 0 saturated carbocycles. The van der Waals surface area contributed by atoms with Gasteiger partial charge in [-0.2, -0.15) is 0 Å². The molecule has 0 spiro atoms. The van der Waals surface area contributed by atoms with Gasteiger partial charge in [0.05, 0.1) is 16.6 Å². The molecule has 0 unspecified atom stereocenters. The van der Waals surface area contributed by atoms with Crippen molar-refractivity contribution < 1.29 is 4.79 Å². The number of aryl methyl sites for hydroxylation is 1. The minimum Gasteiger partial charge on any atom is -0.342 e. The third kappa shape index (κ3) is 5.53. The molecule has 1 amide bonds. The van der Waals surface area contributed by atoms with Crippen molar-refractivity contribution in [2.24, 2.45) is 11.3 Å². The van der Waals surface area contributed by atoms with Crippen molar-refractivity contribution in [3.05, 3.63) is 66.4 Å². The Kier molecular flexibility index (Phi) is 7.37. The molecule has 0 aliphatic carbocycles. The number of nitrogens with zero attached hydrogens (tertiary/aromatic N) is 5. The highest BCUT2D eigenvalue weighted by Crippen LogP contribution is 2.38. The second-order valence-corrected chi connectivity index (χ2v) is 10.6. The first-order chi connectivity index (χ1) is 17.1. The molecule has 35 heavy (non-hydrogen) atoms. The van der Waals surface area contributed by atoms with Crippen LogP contribution in [0.1, 0.15) is 49.8 Å². The maximum absolute atomic E-state index is 14.0. The molecule has 0 bridgehead atoms. The first-order valence-electron chi connectivity index (χ1n) is 13.2. The number of carbonyl (C=O) groups is 1. The van der Waals surface area contributed by atoms with Crippen molar-refractivity contribution >= 4 is 16.8 Å². The molecule has 2 aliphatic rings. The summed E-state index contributed by atoms with van der Waals surface area (Å²) in [6.07, 6.45) is 15.3. The number of pyridine rings is 1. The summed E-state index contributed by atoms with van der Waals surface area (Å²) in [4.78, 5) is 31.6. The largest absolute Gasteiger partial charge is 0.342 e. The molecular formula is C29H37N5O. The van der Waals surface area contributed by atoms with Crippen molar-refractivity contribution in [3.8, 4) is 0 Å². The number of hydrogen-bond donors (Lipinski definition) is 0. The predicted molar refractivity (Wildman–Crippen MR) is 139 cm³/mol. The highest BCUT2D eigenvalue weighted by Gasteiger charge is 2.43. The first-order valence-corrected chi connectivity index (χ1v) is 13.2. The van der Waals surface area contributed by atoms with Crippen LogP contribution < -0.4 is 0 Å². The lowest BCUT2D eigenvalue weighted by molar-refractivity contribution is -0.147. The van der Waals surface area contributed by atoms with Gasteiger partial charge in [-0.3, -0.25) is 19.7 Å². The van der Waals surface area contributed by atoms with E-state index in [4.69, 9.17) is 0 Å². The van der Waals surface area contributed by atoms with Crippen molar-refractivity contribution in [3.63, 3.8) is 0 Å². The van der Waals surface area contributed by atoms with Gasteiger partial charge in [-0.25, -0.2) is 0 Å². The lowest BCUT2D eigenvalue weighted by atomic mass is 9.74. The van der Waals surface area contributed by atoms with Crippen LogP contribution in [-0.2, 0) is 17.6 Å². The number of benzene rings is 1. The minimum absolute atomic E-state index is 0.261. The van der Waals surface area contributed by atoms with Gasteiger partial charge in [0.1, 0.15) is 0 Å². The molecule has 6 heteroatoms. The van der Waals surface area contributed by atoms with Gasteiger partial charge in [0.2, 0.25) is 5.91 Å². The Morgan fingerprint density at radius 1 is 1.06 bits per heavy atom. The van der Waals surface area contributed by atoms with E-state index < -0.39 is 0 Å². The van der Waals surface area contributed by atoms with Crippen LogP contribution in [0.25, 0.3) is 10.9 Å². The van der Waals surface area contributed by atoms with Crippen LogP contribution in [0, 0.1) is 11.3 Å². The van der Waals surface area contributed by atoms with E-state index in [0.29, 0.717) is 11.8 Å². The molecule has 1 aromatic carbocycles. The van der Waals surface area contributed by atoms with Gasteiger partial charge >= 0.3 is 0 Å². The fourth-order valence-corrected chi connectivity index (χ4v) is 6.25. The molecule has 3 aromatic rings. The van der Waals surface area contributed by atoms with E-state index in [1.807, 2.05) is 18.5 Å². The van der Waals surface area contributed by atoms with Gasteiger partial charge in [-0.05, 0) is 88.6 Å². The molecule has 4 heterocycles. The van der Waals surface area contributed by atoms with Crippen molar-refractivity contribution in [2.75, 3.05) is 33.2 Å². The average molecular weight is 472 g/mol. The van der Waals surface area contributed by atoms with E-state index in [0.717, 1.165) is 88.8 Å². The van der Waals surface area contributed by atoms with E-state index in [-0.39, 0.29) is 5.41 Å². The number of rotatable bonds is 7. The van der Waals surface area contributed by atoms with E-state index in [1.54, 1.807) is 12.4 Å². The molecule has 184 valence electrons. The Morgan fingerprint density at radius 3 is 2.74 bits per heavy atom. The number of fused-ring (bicyclic) bond motifs is 1. The van der Waals surface area contributed by atoms with Crippen LogP contribution in [0.2, 0.25) is 0 Å². The number of carbonyl (C=O) groups excluding carboxylic acids is 1. The summed E-state index contributed by atoms with van der Waals surface area (Å²) in [6.45, 7) is 3.71. The third-order valence-corrected chi connectivity index (χ3v) is 8.07. The third-order valence-electron chi connectivity index (χ3n) is 8.07. The zero-order chi connectivity index (χ0) is 24.1. The zero-order valence-electron chi connectivity index (χ0n) is 20.9. The van der Waals surface area contributed by atoms with Crippen LogP contribution in [0.5, 0.6) is 0 Å². The maximum atomic E-state index is 14.0. The van der Waals surface area contributed by atoms with Gasteiger partial charge in [0, 0.05) is 49.8 Å². The van der Waals surface area contributed by atoms with Crippen LogP contribution in [0.15, 0.2) is 55.1 Å². The summed E-state index contributed by atoms with van der Waals surface area (Å²) >= 11 is 0. The van der Waals surface area contributed by atoms with Gasteiger partial charge < -0.3 is 9.80 Å². The molecule has 0 radical (unpaired) electrons. The molecule has 2 saturated heterocycles. The minimum atomic E-state index is -0.261. The Morgan fingerprint density at radius 2 is 1.94 bits per heavy atom. The number of piperidine rings is 2. The predicted octanol–water partition coefficient (Wildman–Crippen LogP) is 4.54. The van der Waals surface area contributed by atoms with Crippen molar-refractivity contribution in [2.45, 2.75) is 51.4 Å². The second-order valence-electron chi connectivity index (χ2n) is 10.6. The Balaban J connectivity index is 1.21. The normalized spacial score (nSPS) is 21.9. The van der Waals surface area contributed by atoms with Gasteiger partial charge in [0.15, 0.2) is 0 Å². The summed E-state index contributed by atoms with van der Waals surface area (Å²) in [5, 5.41) is 1.26. The smallest absolute Gasteiger partial charge is 0.230 e. The summed E-state index contributed by atoms with van der Waals surface area (Å²) in [6, 6.07) is 10.7. The Bertz CT molecular complexity index is 1120. The monoisotopic (exact) mass is 471 g/mol. The van der Waals surface area contributed by atoms with Crippen LogP contribution in [-0.4, -0.2) is 63.9 Å². The quantitative estimate of drug-likeness (QED) is 0.506. The topological polar surface area (TPSA) is 62.2 Å². The molecule has 2 aromatic heterocycles. The average Bonchev–Trinajstić information content (AvgIpc) is 2.90. The van der Waals surface area contributed by atoms with E-state index >= 15 is 0 Å². The summed E-state index contributed by atoms with van der Waals surface area (Å²) in [5.74, 6) is 1.00. The number of aromatic nitrogens is 3. The lowest BCUT2D eigenvalue weighted by Crippen LogP contribution is -2.54. The maximum Gasteiger partial charge on any atom is 0.230 e. The van der Waals surface area contributed by atoms with E-state index in [2.05, 4.69) is 56.1 Å². The molecule has 5 rings (SSSR count). The lowest BCUT2D eigenvalue weighted by Gasteiger charge is -2.45. The zero-order valence-corrected chi connectivity index (χ0v) is 20.9. The summed E-state index contributed by atoms with van der Waals surface area (Å²) in [7, 11) is 2.16. The molecule has 2 fully saturated rings. The van der Waals surface area contributed by atoms with Gasteiger partial charge in [-0.15, -0.1) is 0 Å². The van der Waals surface area contributed by atoms with Gasteiger partial charge in [-0.1, -0.05) is 18.2 Å². The Labute approximate surface area is 208 Å². The van der Waals surface area contributed by atoms with E-state index in [9.17, 15) is 4.79 Å².